The van der Waals surface area contributed by atoms with E-state index in [1.807, 2.05) is 19.9 Å². The highest BCUT2D eigenvalue weighted by atomic mass is 79.9. The zero-order chi connectivity index (χ0) is 14.2. The molecule has 0 fully saturated rings. The van der Waals surface area contributed by atoms with Gasteiger partial charge < -0.3 is 9.84 Å². The summed E-state index contributed by atoms with van der Waals surface area (Å²) in [7, 11) is 1.58. The monoisotopic (exact) mass is 324 g/mol. The van der Waals surface area contributed by atoms with Crippen molar-refractivity contribution in [2.45, 2.75) is 13.8 Å². The third-order valence-corrected chi connectivity index (χ3v) is 3.85. The van der Waals surface area contributed by atoms with Gasteiger partial charge in [-0.3, -0.25) is 5.10 Å². The molecule has 19 heavy (non-hydrogen) atoms. The summed E-state index contributed by atoms with van der Waals surface area (Å²) in [6, 6.07) is 3.49. The van der Waals surface area contributed by atoms with Gasteiger partial charge in [0.2, 0.25) is 0 Å². The molecule has 0 bridgehead atoms. The molecule has 1 heterocycles. The van der Waals surface area contributed by atoms with Crippen LogP contribution in [0.1, 0.15) is 21.6 Å². The number of nitrogens with zero attached hydrogens (tertiary/aromatic N) is 1. The van der Waals surface area contributed by atoms with Crippen molar-refractivity contribution in [2.75, 3.05) is 7.11 Å². The predicted molar refractivity (Wildman–Crippen MR) is 74.7 cm³/mol. The Labute approximate surface area is 118 Å². The quantitative estimate of drug-likeness (QED) is 0.909. The lowest BCUT2D eigenvalue weighted by molar-refractivity contribution is 0.0690. The summed E-state index contributed by atoms with van der Waals surface area (Å²) in [6.07, 6.45) is 0. The topological polar surface area (TPSA) is 75.2 Å². The van der Waals surface area contributed by atoms with Crippen LogP contribution in [0.25, 0.3) is 11.3 Å². The Balaban J connectivity index is 2.66. The number of aromatic nitrogens is 2. The van der Waals surface area contributed by atoms with Gasteiger partial charge in [-0.1, -0.05) is 6.07 Å². The number of aromatic carboxylic acids is 1. The largest absolute Gasteiger partial charge is 0.495 e. The number of methoxy groups -OCH3 is 1. The van der Waals surface area contributed by atoms with Gasteiger partial charge in [0.25, 0.3) is 0 Å². The van der Waals surface area contributed by atoms with E-state index in [1.54, 1.807) is 7.11 Å². The van der Waals surface area contributed by atoms with E-state index in [4.69, 9.17) is 9.84 Å². The summed E-state index contributed by atoms with van der Waals surface area (Å²) in [5, 5.41) is 15.5. The summed E-state index contributed by atoms with van der Waals surface area (Å²) < 4.78 is 6.26. The Morgan fingerprint density at radius 2 is 2.05 bits per heavy atom. The van der Waals surface area contributed by atoms with Crippen LogP contribution in [0, 0.1) is 13.8 Å². The molecule has 0 amide bonds. The second kappa shape index (κ2) is 5.05. The molecule has 0 saturated carbocycles. The number of halogens is 1. The lowest BCUT2D eigenvalue weighted by Crippen LogP contribution is -1.95. The molecular formula is C13H13BrN2O3. The van der Waals surface area contributed by atoms with Gasteiger partial charge in [-0.15, -0.1) is 0 Å². The number of nitrogens with one attached hydrogen (secondary N) is 1. The summed E-state index contributed by atoms with van der Waals surface area (Å²) in [4.78, 5) is 10.9. The second-order valence-electron chi connectivity index (χ2n) is 4.20. The van der Waals surface area contributed by atoms with Gasteiger partial charge in [0.05, 0.1) is 17.3 Å². The fourth-order valence-corrected chi connectivity index (χ4v) is 2.47. The normalized spacial score (nSPS) is 10.5. The second-order valence-corrected chi connectivity index (χ2v) is 5.00. The Hall–Kier alpha value is -1.82. The minimum absolute atomic E-state index is 0.0492. The first-order valence-corrected chi connectivity index (χ1v) is 6.37. The van der Waals surface area contributed by atoms with E-state index < -0.39 is 5.97 Å². The van der Waals surface area contributed by atoms with Crippen LogP contribution in [0.3, 0.4) is 0 Å². The number of aryl methyl sites for hydroxylation is 2. The first-order valence-electron chi connectivity index (χ1n) is 5.58. The van der Waals surface area contributed by atoms with Crippen molar-refractivity contribution in [1.82, 2.24) is 10.2 Å². The van der Waals surface area contributed by atoms with Gasteiger partial charge in [0.15, 0.2) is 0 Å². The molecule has 0 radical (unpaired) electrons. The average Bonchev–Trinajstić information content (AvgIpc) is 2.82. The Morgan fingerprint density at radius 3 is 2.58 bits per heavy atom. The van der Waals surface area contributed by atoms with Crippen LogP contribution in [0.2, 0.25) is 0 Å². The number of ether oxygens (including phenoxy) is 1. The van der Waals surface area contributed by atoms with E-state index in [1.165, 1.54) is 6.07 Å². The molecule has 5 nitrogen and oxygen atoms in total. The molecule has 0 unspecified atom stereocenters. The first-order chi connectivity index (χ1) is 8.95. The molecule has 6 heteroatoms. The molecule has 0 atom stereocenters. The highest BCUT2D eigenvalue weighted by Crippen LogP contribution is 2.40. The molecule has 0 aliphatic carbocycles. The molecule has 2 N–H and O–H groups in total. The van der Waals surface area contributed by atoms with Crippen LogP contribution >= 0.6 is 15.9 Å². The number of H-pyrrole nitrogens is 1. The number of aromatic amines is 1. The molecule has 1 aromatic carbocycles. The average molecular weight is 325 g/mol. The van der Waals surface area contributed by atoms with Crippen LogP contribution < -0.4 is 4.74 Å². The molecule has 2 aromatic rings. The maximum atomic E-state index is 10.9. The van der Waals surface area contributed by atoms with Crippen molar-refractivity contribution < 1.29 is 14.6 Å². The number of benzene rings is 1. The maximum Gasteiger partial charge on any atom is 0.353 e. The van der Waals surface area contributed by atoms with Gasteiger partial charge in [-0.25, -0.2) is 4.79 Å². The summed E-state index contributed by atoms with van der Waals surface area (Å²) in [5.74, 6) is -0.387. The van der Waals surface area contributed by atoms with E-state index in [9.17, 15) is 4.79 Å². The third kappa shape index (κ3) is 2.35. The van der Waals surface area contributed by atoms with E-state index >= 15 is 0 Å². The highest BCUT2D eigenvalue weighted by molar-refractivity contribution is 9.10. The minimum Gasteiger partial charge on any atom is -0.495 e. The summed E-state index contributed by atoms with van der Waals surface area (Å²) in [6.45, 7) is 3.91. The standard InChI is InChI=1S/C13H13BrN2O3/c1-6-4-7(2)11(14)12(19-3)10(6)8-5-9(13(17)18)16-15-8/h4-5H,1-3H3,(H,15,16)(H,17,18). The molecule has 0 saturated heterocycles. The lowest BCUT2D eigenvalue weighted by atomic mass is 10.0. The summed E-state index contributed by atoms with van der Waals surface area (Å²) in [5.41, 5.74) is 3.40. The number of rotatable bonds is 3. The first kappa shape index (κ1) is 13.6. The molecular weight excluding hydrogens is 312 g/mol. The SMILES string of the molecule is COc1c(Br)c(C)cc(C)c1-c1cc(C(=O)O)[nH]n1. The van der Waals surface area contributed by atoms with Crippen molar-refractivity contribution in [1.29, 1.82) is 0 Å². The lowest BCUT2D eigenvalue weighted by Gasteiger charge is -2.13. The van der Waals surface area contributed by atoms with Crippen LogP contribution in [-0.2, 0) is 0 Å². The van der Waals surface area contributed by atoms with Crippen LogP contribution in [0.4, 0.5) is 0 Å². The van der Waals surface area contributed by atoms with Gasteiger partial charge in [-0.2, -0.15) is 5.10 Å². The maximum absolute atomic E-state index is 10.9. The fraction of sp³-hybridized carbons (Fsp3) is 0.231. The van der Waals surface area contributed by atoms with Crippen molar-refractivity contribution in [3.8, 4) is 17.0 Å². The van der Waals surface area contributed by atoms with Gasteiger partial charge >= 0.3 is 5.97 Å². The van der Waals surface area contributed by atoms with E-state index in [-0.39, 0.29) is 5.69 Å². The molecule has 0 aliphatic heterocycles. The molecule has 0 spiro atoms. The van der Waals surface area contributed by atoms with Crippen molar-refractivity contribution >= 4 is 21.9 Å². The molecule has 100 valence electrons. The summed E-state index contributed by atoms with van der Waals surface area (Å²) >= 11 is 3.48. The molecule has 2 rings (SSSR count). The third-order valence-electron chi connectivity index (χ3n) is 2.87. The van der Waals surface area contributed by atoms with E-state index in [0.717, 1.165) is 21.2 Å². The number of carboxylic acid groups (broad SMARTS) is 1. The zero-order valence-corrected chi connectivity index (χ0v) is 12.3. The van der Waals surface area contributed by atoms with E-state index in [0.29, 0.717) is 11.4 Å². The van der Waals surface area contributed by atoms with Gasteiger partial charge in [0.1, 0.15) is 11.4 Å². The van der Waals surface area contributed by atoms with Gasteiger partial charge in [-0.05, 0) is 47.0 Å². The Bertz CT molecular complexity index is 650. The van der Waals surface area contributed by atoms with Crippen LogP contribution in [-0.4, -0.2) is 28.4 Å². The van der Waals surface area contributed by atoms with Crippen molar-refractivity contribution in [3.63, 3.8) is 0 Å². The Morgan fingerprint density at radius 1 is 1.37 bits per heavy atom. The number of carboxylic acids is 1. The zero-order valence-electron chi connectivity index (χ0n) is 10.7. The Kier molecular flexibility index (Phi) is 3.61. The van der Waals surface area contributed by atoms with Gasteiger partial charge in [0, 0.05) is 5.56 Å². The number of carbonyl (C=O) groups is 1. The van der Waals surface area contributed by atoms with Crippen LogP contribution in [0.15, 0.2) is 16.6 Å². The van der Waals surface area contributed by atoms with Crippen molar-refractivity contribution in [3.05, 3.63) is 33.4 Å². The predicted octanol–water partition coefficient (Wildman–Crippen LogP) is 3.16. The fourth-order valence-electron chi connectivity index (χ4n) is 2.00. The smallest absolute Gasteiger partial charge is 0.353 e. The van der Waals surface area contributed by atoms with E-state index in [2.05, 4.69) is 26.1 Å². The molecule has 0 aliphatic rings. The molecule has 1 aromatic heterocycles. The minimum atomic E-state index is -1.04. The number of hydrogen-bond acceptors (Lipinski definition) is 3. The number of hydrogen-bond donors (Lipinski definition) is 2. The highest BCUT2D eigenvalue weighted by Gasteiger charge is 2.18. The van der Waals surface area contributed by atoms with Crippen LogP contribution in [0.5, 0.6) is 5.75 Å². The van der Waals surface area contributed by atoms with Crippen molar-refractivity contribution in [2.24, 2.45) is 0 Å².